The largest absolute Gasteiger partial charge is 0.493 e. The summed E-state index contributed by atoms with van der Waals surface area (Å²) in [7, 11) is 3.14. The summed E-state index contributed by atoms with van der Waals surface area (Å²) in [4.78, 5) is 24.9. The van der Waals surface area contributed by atoms with E-state index >= 15 is 0 Å². The molecule has 0 unspecified atom stereocenters. The summed E-state index contributed by atoms with van der Waals surface area (Å²) in [5.41, 5.74) is 1.02. The summed E-state index contributed by atoms with van der Waals surface area (Å²) in [6.07, 6.45) is 0. The van der Waals surface area contributed by atoms with Crippen LogP contribution in [0.4, 0.5) is 5.69 Å². The number of hydrogen-bond acceptors (Lipinski definition) is 6. The number of carboxylic acid groups (broad SMARTS) is 1. The number of rotatable bonds is 6. The Kier molecular flexibility index (Phi) is 5.35. The standard InChI is InChI=1S/C19H19NO7/c1-20(13-3-5-14(6-4-13)27-11-17(21)22)19(23)12-9-15(24-2)18-16(10-12)25-7-8-26-18/h3-6,9-10H,7-8,11H2,1-2H3,(H,21,22). The minimum atomic E-state index is -1.06. The van der Waals surface area contributed by atoms with Crippen molar-refractivity contribution in [3.8, 4) is 23.0 Å². The van der Waals surface area contributed by atoms with Gasteiger partial charge in [0.2, 0.25) is 5.75 Å². The van der Waals surface area contributed by atoms with Crippen LogP contribution in [-0.4, -0.2) is 51.0 Å². The van der Waals surface area contributed by atoms with Crippen LogP contribution in [0.15, 0.2) is 36.4 Å². The molecule has 0 atom stereocenters. The lowest BCUT2D eigenvalue weighted by molar-refractivity contribution is -0.139. The Morgan fingerprint density at radius 2 is 1.85 bits per heavy atom. The number of methoxy groups -OCH3 is 1. The van der Waals surface area contributed by atoms with E-state index in [0.717, 1.165) is 0 Å². The molecule has 2 aromatic rings. The van der Waals surface area contributed by atoms with Gasteiger partial charge in [-0.05, 0) is 36.4 Å². The fraction of sp³-hybridized carbons (Fsp3) is 0.263. The SMILES string of the molecule is COc1cc(C(=O)N(C)c2ccc(OCC(=O)O)cc2)cc2c1OCCO2. The Hall–Kier alpha value is -3.42. The Labute approximate surface area is 155 Å². The number of carbonyl (C=O) groups is 2. The maximum Gasteiger partial charge on any atom is 0.341 e. The number of benzene rings is 2. The van der Waals surface area contributed by atoms with E-state index in [2.05, 4.69) is 0 Å². The zero-order chi connectivity index (χ0) is 19.4. The molecule has 142 valence electrons. The van der Waals surface area contributed by atoms with Gasteiger partial charge in [-0.2, -0.15) is 0 Å². The van der Waals surface area contributed by atoms with Gasteiger partial charge in [-0.1, -0.05) is 0 Å². The van der Waals surface area contributed by atoms with Crippen molar-refractivity contribution < 1.29 is 33.6 Å². The van der Waals surface area contributed by atoms with Gasteiger partial charge in [-0.25, -0.2) is 4.79 Å². The molecule has 0 fully saturated rings. The van der Waals surface area contributed by atoms with Gasteiger partial charge in [0.25, 0.3) is 5.91 Å². The molecule has 2 aromatic carbocycles. The van der Waals surface area contributed by atoms with Crippen molar-refractivity contribution in [3.63, 3.8) is 0 Å². The number of anilines is 1. The maximum atomic E-state index is 12.9. The highest BCUT2D eigenvalue weighted by Crippen LogP contribution is 2.40. The molecule has 0 saturated carbocycles. The monoisotopic (exact) mass is 373 g/mol. The number of fused-ring (bicyclic) bond motifs is 1. The van der Waals surface area contributed by atoms with E-state index in [9.17, 15) is 9.59 Å². The molecule has 3 rings (SSSR count). The Bertz CT molecular complexity index is 831. The lowest BCUT2D eigenvalue weighted by atomic mass is 10.1. The minimum absolute atomic E-state index is 0.260. The van der Waals surface area contributed by atoms with Gasteiger partial charge in [0.1, 0.15) is 19.0 Å². The van der Waals surface area contributed by atoms with E-state index in [1.807, 2.05) is 0 Å². The highest BCUT2D eigenvalue weighted by atomic mass is 16.6. The number of carbonyl (C=O) groups excluding carboxylic acids is 1. The van der Waals surface area contributed by atoms with E-state index in [-0.39, 0.29) is 5.91 Å². The predicted molar refractivity (Wildman–Crippen MR) is 96.3 cm³/mol. The molecule has 0 bridgehead atoms. The summed E-state index contributed by atoms with van der Waals surface area (Å²) in [5, 5.41) is 8.64. The van der Waals surface area contributed by atoms with Crippen molar-refractivity contribution >= 4 is 17.6 Å². The second-order valence-corrected chi connectivity index (χ2v) is 5.74. The number of nitrogens with zero attached hydrogens (tertiary/aromatic N) is 1. The molecule has 0 aromatic heterocycles. The van der Waals surface area contributed by atoms with Crippen molar-refractivity contribution in [3.05, 3.63) is 42.0 Å². The van der Waals surface area contributed by atoms with Gasteiger partial charge >= 0.3 is 5.97 Å². The molecule has 1 heterocycles. The number of amides is 1. The molecule has 0 radical (unpaired) electrons. The maximum absolute atomic E-state index is 12.9. The van der Waals surface area contributed by atoms with Crippen LogP contribution in [0.25, 0.3) is 0 Å². The van der Waals surface area contributed by atoms with Gasteiger partial charge < -0.3 is 29.0 Å². The third-order valence-electron chi connectivity index (χ3n) is 3.97. The van der Waals surface area contributed by atoms with Crippen LogP contribution in [0.1, 0.15) is 10.4 Å². The Morgan fingerprint density at radius 1 is 1.15 bits per heavy atom. The number of hydrogen-bond donors (Lipinski definition) is 1. The molecule has 0 saturated heterocycles. The van der Waals surface area contributed by atoms with Crippen LogP contribution in [0.2, 0.25) is 0 Å². The van der Waals surface area contributed by atoms with E-state index in [4.69, 9.17) is 24.1 Å². The quantitative estimate of drug-likeness (QED) is 0.829. The summed E-state index contributed by atoms with van der Waals surface area (Å²) in [5.74, 6) is 0.477. The molecule has 1 aliphatic rings. The van der Waals surface area contributed by atoms with Crippen molar-refractivity contribution in [2.45, 2.75) is 0 Å². The van der Waals surface area contributed by atoms with E-state index in [1.54, 1.807) is 43.4 Å². The Balaban J connectivity index is 1.80. The molecule has 1 N–H and O–H groups in total. The lowest BCUT2D eigenvalue weighted by Gasteiger charge is -2.23. The molecular weight excluding hydrogens is 354 g/mol. The highest BCUT2D eigenvalue weighted by Gasteiger charge is 2.23. The summed E-state index contributed by atoms with van der Waals surface area (Å²) in [6, 6.07) is 9.78. The summed E-state index contributed by atoms with van der Waals surface area (Å²) in [6.45, 7) is 0.402. The molecule has 8 heteroatoms. The molecule has 0 aliphatic carbocycles. The average molecular weight is 373 g/mol. The molecule has 1 aliphatic heterocycles. The van der Waals surface area contributed by atoms with Gasteiger partial charge in [0, 0.05) is 18.3 Å². The fourth-order valence-electron chi connectivity index (χ4n) is 2.62. The second kappa shape index (κ2) is 7.86. The molecule has 27 heavy (non-hydrogen) atoms. The number of ether oxygens (including phenoxy) is 4. The number of carboxylic acids is 1. The van der Waals surface area contributed by atoms with E-state index < -0.39 is 12.6 Å². The molecule has 8 nitrogen and oxygen atoms in total. The lowest BCUT2D eigenvalue weighted by Crippen LogP contribution is -2.26. The van der Waals surface area contributed by atoms with Gasteiger partial charge in [-0.3, -0.25) is 4.79 Å². The first kappa shape index (κ1) is 18.4. The average Bonchev–Trinajstić information content (AvgIpc) is 2.70. The third-order valence-corrected chi connectivity index (χ3v) is 3.97. The van der Waals surface area contributed by atoms with E-state index in [1.165, 1.54) is 12.0 Å². The van der Waals surface area contributed by atoms with Crippen LogP contribution < -0.4 is 23.8 Å². The molecule has 1 amide bonds. The van der Waals surface area contributed by atoms with E-state index in [0.29, 0.717) is 47.5 Å². The van der Waals surface area contributed by atoms with Crippen molar-refractivity contribution in [1.29, 1.82) is 0 Å². The number of aliphatic carboxylic acids is 1. The van der Waals surface area contributed by atoms with Crippen LogP contribution in [0, 0.1) is 0 Å². The third kappa shape index (κ3) is 4.05. The minimum Gasteiger partial charge on any atom is -0.493 e. The van der Waals surface area contributed by atoms with Crippen LogP contribution >= 0.6 is 0 Å². The molecule has 0 spiro atoms. The fourth-order valence-corrected chi connectivity index (χ4v) is 2.62. The molecular formula is C19H19NO7. The topological polar surface area (TPSA) is 94.5 Å². The van der Waals surface area contributed by atoms with Gasteiger partial charge in [0.15, 0.2) is 18.1 Å². The second-order valence-electron chi connectivity index (χ2n) is 5.74. The van der Waals surface area contributed by atoms with Crippen LogP contribution in [-0.2, 0) is 4.79 Å². The highest BCUT2D eigenvalue weighted by molar-refractivity contribution is 6.06. The van der Waals surface area contributed by atoms with Crippen LogP contribution in [0.3, 0.4) is 0 Å². The zero-order valence-corrected chi connectivity index (χ0v) is 14.9. The van der Waals surface area contributed by atoms with Gasteiger partial charge in [-0.15, -0.1) is 0 Å². The van der Waals surface area contributed by atoms with Crippen molar-refractivity contribution in [2.24, 2.45) is 0 Å². The smallest absolute Gasteiger partial charge is 0.341 e. The van der Waals surface area contributed by atoms with Gasteiger partial charge in [0.05, 0.1) is 7.11 Å². The zero-order valence-electron chi connectivity index (χ0n) is 14.9. The van der Waals surface area contributed by atoms with Crippen LogP contribution in [0.5, 0.6) is 23.0 Å². The predicted octanol–water partition coefficient (Wildman–Crippen LogP) is 2.21. The first-order valence-electron chi connectivity index (χ1n) is 8.20. The van der Waals surface area contributed by atoms with Crippen molar-refractivity contribution in [2.75, 3.05) is 38.9 Å². The normalized spacial score (nSPS) is 12.2. The summed E-state index contributed by atoms with van der Waals surface area (Å²) >= 11 is 0. The van der Waals surface area contributed by atoms with Crippen molar-refractivity contribution in [1.82, 2.24) is 0 Å². The first-order valence-corrected chi connectivity index (χ1v) is 8.20. The Morgan fingerprint density at radius 3 is 2.52 bits per heavy atom. The first-order chi connectivity index (χ1) is 13.0. The summed E-state index contributed by atoms with van der Waals surface area (Å²) < 4.78 is 21.5.